The van der Waals surface area contributed by atoms with E-state index in [1.807, 2.05) is 0 Å². The first-order valence-electron chi connectivity index (χ1n) is 3.41. The van der Waals surface area contributed by atoms with Gasteiger partial charge in [-0.25, -0.2) is 0 Å². The van der Waals surface area contributed by atoms with E-state index >= 15 is 0 Å². The van der Waals surface area contributed by atoms with E-state index in [2.05, 4.69) is 10.2 Å². The molecule has 0 unspecified atom stereocenters. The van der Waals surface area contributed by atoms with Crippen LogP contribution in [0.1, 0.15) is 6.42 Å². The molecule has 0 aliphatic heterocycles. The minimum Gasteiger partial charge on any atom is -0.355 e. The predicted molar refractivity (Wildman–Crippen MR) is 39.6 cm³/mol. The lowest BCUT2D eigenvalue weighted by Gasteiger charge is -2.01. The van der Waals surface area contributed by atoms with Gasteiger partial charge >= 0.3 is 0 Å². The van der Waals surface area contributed by atoms with Gasteiger partial charge in [-0.05, 0) is 6.42 Å². The van der Waals surface area contributed by atoms with Gasteiger partial charge in [0.2, 0.25) is 5.91 Å². The minimum absolute atomic E-state index is 0.0160. The lowest BCUT2D eigenvalue weighted by atomic mass is 10.4. The van der Waals surface area contributed by atoms with E-state index < -0.39 is 5.09 Å². The second-order valence-corrected chi connectivity index (χ2v) is 1.96. The summed E-state index contributed by atoms with van der Waals surface area (Å²) in [5.74, 6) is -0.281. The molecular formula is C5H11N3O4. The van der Waals surface area contributed by atoms with Gasteiger partial charge in [0, 0.05) is 6.54 Å². The van der Waals surface area contributed by atoms with Gasteiger partial charge in [0.15, 0.2) is 0 Å². The number of hydrogen-bond acceptors (Lipinski definition) is 5. The van der Waals surface area contributed by atoms with Crippen LogP contribution < -0.4 is 11.1 Å². The van der Waals surface area contributed by atoms with Crippen molar-refractivity contribution in [2.75, 3.05) is 19.7 Å². The Labute approximate surface area is 69.0 Å². The molecule has 0 saturated heterocycles. The topological polar surface area (TPSA) is 107 Å². The van der Waals surface area contributed by atoms with E-state index in [4.69, 9.17) is 5.73 Å². The average Bonchev–Trinajstić information content (AvgIpc) is 2.03. The molecule has 70 valence electrons. The summed E-state index contributed by atoms with van der Waals surface area (Å²) < 4.78 is 0. The first-order valence-corrected chi connectivity index (χ1v) is 3.41. The number of nitrogens with two attached hydrogens (primary N) is 1. The molecule has 0 aromatic rings. The van der Waals surface area contributed by atoms with Gasteiger partial charge in [0.25, 0.3) is 5.09 Å². The van der Waals surface area contributed by atoms with Gasteiger partial charge in [-0.2, -0.15) is 0 Å². The quantitative estimate of drug-likeness (QED) is 0.296. The number of hydrogen-bond donors (Lipinski definition) is 2. The highest BCUT2D eigenvalue weighted by atomic mass is 16.9. The van der Waals surface area contributed by atoms with Crippen molar-refractivity contribution in [2.45, 2.75) is 6.42 Å². The Bertz CT molecular complexity index is 161. The van der Waals surface area contributed by atoms with Crippen molar-refractivity contribution in [3.8, 4) is 0 Å². The van der Waals surface area contributed by atoms with Crippen LogP contribution in [0.3, 0.4) is 0 Å². The zero-order chi connectivity index (χ0) is 9.40. The lowest BCUT2D eigenvalue weighted by molar-refractivity contribution is -0.757. The van der Waals surface area contributed by atoms with Gasteiger partial charge in [-0.1, -0.05) is 0 Å². The van der Waals surface area contributed by atoms with Crippen LogP contribution in [-0.2, 0) is 9.63 Å². The first kappa shape index (κ1) is 10.6. The van der Waals surface area contributed by atoms with Crippen LogP contribution in [0.4, 0.5) is 0 Å². The largest absolute Gasteiger partial charge is 0.355 e. The van der Waals surface area contributed by atoms with E-state index in [1.165, 1.54) is 0 Å². The lowest BCUT2D eigenvalue weighted by Crippen LogP contribution is -2.31. The molecule has 0 heterocycles. The van der Waals surface area contributed by atoms with Crippen molar-refractivity contribution in [3.05, 3.63) is 10.1 Å². The molecule has 0 aliphatic rings. The summed E-state index contributed by atoms with van der Waals surface area (Å²) in [5.41, 5.74) is 4.98. The fourth-order valence-electron chi connectivity index (χ4n) is 0.511. The van der Waals surface area contributed by atoms with Crippen LogP contribution >= 0.6 is 0 Å². The first-order chi connectivity index (χ1) is 5.66. The number of nitrogens with zero attached hydrogens (tertiary/aromatic N) is 1. The Kier molecular flexibility index (Phi) is 5.62. The highest BCUT2D eigenvalue weighted by Gasteiger charge is 1.96. The summed E-state index contributed by atoms with van der Waals surface area (Å²) in [7, 11) is 0. The average molecular weight is 177 g/mol. The van der Waals surface area contributed by atoms with Crippen molar-refractivity contribution in [1.29, 1.82) is 0 Å². The third-order valence-electron chi connectivity index (χ3n) is 1.03. The summed E-state index contributed by atoms with van der Waals surface area (Å²) in [5, 5.41) is 11.2. The number of nitrogens with one attached hydrogen (secondary N) is 1. The fraction of sp³-hybridized carbons (Fsp3) is 0.800. The molecule has 0 aromatic carbocycles. The van der Waals surface area contributed by atoms with Gasteiger partial charge in [0.05, 0.1) is 13.2 Å². The summed E-state index contributed by atoms with van der Waals surface area (Å²) in [6.45, 7) is 0.248. The van der Waals surface area contributed by atoms with Crippen molar-refractivity contribution in [3.63, 3.8) is 0 Å². The van der Waals surface area contributed by atoms with Crippen LogP contribution in [-0.4, -0.2) is 30.7 Å². The zero-order valence-corrected chi connectivity index (χ0v) is 6.49. The maximum Gasteiger partial charge on any atom is 0.294 e. The molecule has 7 nitrogen and oxygen atoms in total. The Morgan fingerprint density at radius 2 is 2.33 bits per heavy atom. The Hall–Kier alpha value is -1.37. The molecule has 12 heavy (non-hydrogen) atoms. The normalized spacial score (nSPS) is 9.08. The smallest absolute Gasteiger partial charge is 0.294 e. The number of carbonyl (C=O) groups excluding carboxylic acids is 1. The molecule has 3 N–H and O–H groups in total. The molecule has 0 bridgehead atoms. The highest BCUT2D eigenvalue weighted by Crippen LogP contribution is 1.80. The van der Waals surface area contributed by atoms with E-state index in [1.54, 1.807) is 0 Å². The molecule has 0 aromatic heterocycles. The van der Waals surface area contributed by atoms with Crippen molar-refractivity contribution in [1.82, 2.24) is 5.32 Å². The molecule has 0 saturated carbocycles. The number of carbonyl (C=O) groups is 1. The molecular weight excluding hydrogens is 166 g/mol. The molecule has 0 spiro atoms. The monoisotopic (exact) mass is 177 g/mol. The highest BCUT2D eigenvalue weighted by molar-refractivity contribution is 5.77. The van der Waals surface area contributed by atoms with Crippen LogP contribution in [0.25, 0.3) is 0 Å². The molecule has 1 amide bonds. The molecule has 7 heteroatoms. The van der Waals surface area contributed by atoms with E-state index in [-0.39, 0.29) is 19.1 Å². The van der Waals surface area contributed by atoms with E-state index in [0.717, 1.165) is 0 Å². The third kappa shape index (κ3) is 6.75. The minimum atomic E-state index is -0.870. The molecule has 0 fully saturated rings. The zero-order valence-electron chi connectivity index (χ0n) is 6.49. The van der Waals surface area contributed by atoms with Crippen LogP contribution in [0.15, 0.2) is 0 Å². The van der Waals surface area contributed by atoms with Crippen LogP contribution in [0.5, 0.6) is 0 Å². The molecule has 0 rings (SSSR count). The summed E-state index contributed by atoms with van der Waals surface area (Å²) in [6.07, 6.45) is 0.396. The van der Waals surface area contributed by atoms with Crippen molar-refractivity contribution in [2.24, 2.45) is 5.73 Å². The molecule has 0 atom stereocenters. The maximum atomic E-state index is 10.5. The summed E-state index contributed by atoms with van der Waals surface area (Å²) in [6, 6.07) is 0. The fourth-order valence-corrected chi connectivity index (χ4v) is 0.511. The van der Waals surface area contributed by atoms with Gasteiger partial charge in [-0.3, -0.25) is 4.79 Å². The number of rotatable bonds is 6. The standard InChI is InChI=1S/C5H11N3O4/c6-4-5(9)7-2-1-3-12-8(10)11/h1-4,6H2,(H,7,9). The number of amides is 1. The van der Waals surface area contributed by atoms with Crippen LogP contribution in [0, 0.1) is 10.1 Å². The van der Waals surface area contributed by atoms with Gasteiger partial charge < -0.3 is 15.9 Å². The summed E-state index contributed by atoms with van der Waals surface area (Å²) >= 11 is 0. The Morgan fingerprint density at radius 3 is 2.83 bits per heavy atom. The molecule has 0 aliphatic carbocycles. The SMILES string of the molecule is NCC(=O)NCCCO[N+](=O)[O-]. The second kappa shape index (κ2) is 6.35. The van der Waals surface area contributed by atoms with Crippen molar-refractivity contribution >= 4 is 5.91 Å². The van der Waals surface area contributed by atoms with Gasteiger partial charge in [0.1, 0.15) is 0 Å². The van der Waals surface area contributed by atoms with Crippen molar-refractivity contribution < 1.29 is 14.7 Å². The van der Waals surface area contributed by atoms with E-state index in [9.17, 15) is 14.9 Å². The Balaban J connectivity index is 3.11. The van der Waals surface area contributed by atoms with Gasteiger partial charge in [-0.15, -0.1) is 10.1 Å². The third-order valence-corrected chi connectivity index (χ3v) is 1.03. The van der Waals surface area contributed by atoms with E-state index in [0.29, 0.717) is 13.0 Å². The second-order valence-electron chi connectivity index (χ2n) is 1.96. The Morgan fingerprint density at radius 1 is 1.67 bits per heavy atom. The molecule has 0 radical (unpaired) electrons. The maximum absolute atomic E-state index is 10.5. The summed E-state index contributed by atoms with van der Waals surface area (Å²) in [4.78, 5) is 24.1. The predicted octanol–water partition coefficient (Wildman–Crippen LogP) is -1.34. The van der Waals surface area contributed by atoms with Crippen LogP contribution in [0.2, 0.25) is 0 Å².